The summed E-state index contributed by atoms with van der Waals surface area (Å²) in [6.07, 6.45) is 1.50. The van der Waals surface area contributed by atoms with E-state index in [9.17, 15) is 4.79 Å². The Morgan fingerprint density at radius 1 is 1.21 bits per heavy atom. The molecular formula is C17H22N4O2S. The van der Waals surface area contributed by atoms with Gasteiger partial charge in [-0.25, -0.2) is 0 Å². The van der Waals surface area contributed by atoms with Gasteiger partial charge in [0.15, 0.2) is 5.11 Å². The minimum absolute atomic E-state index is 0.319. The average Bonchev–Trinajstić information content (AvgIpc) is 2.95. The molecule has 1 aromatic heterocycles. The molecule has 128 valence electrons. The van der Waals surface area contributed by atoms with Crippen molar-refractivity contribution in [3.8, 4) is 0 Å². The molecule has 7 heteroatoms. The average molecular weight is 346 g/mol. The van der Waals surface area contributed by atoms with Gasteiger partial charge >= 0.3 is 0 Å². The smallest absolute Gasteiger partial charge is 0.275 e. The molecule has 2 aromatic rings. The Labute approximate surface area is 147 Å². The Morgan fingerprint density at radius 2 is 1.96 bits per heavy atom. The van der Waals surface area contributed by atoms with Gasteiger partial charge in [0, 0.05) is 5.69 Å². The van der Waals surface area contributed by atoms with Crippen LogP contribution in [0.2, 0.25) is 0 Å². The maximum Gasteiger partial charge on any atom is 0.275 e. The lowest BCUT2D eigenvalue weighted by Crippen LogP contribution is -2.44. The monoisotopic (exact) mass is 346 g/mol. The van der Waals surface area contributed by atoms with Gasteiger partial charge in [-0.2, -0.15) is 0 Å². The van der Waals surface area contributed by atoms with Crippen LogP contribution in [-0.4, -0.2) is 16.2 Å². The Kier molecular flexibility index (Phi) is 5.92. The van der Waals surface area contributed by atoms with E-state index >= 15 is 0 Å². The van der Waals surface area contributed by atoms with Crippen molar-refractivity contribution in [1.29, 1.82) is 0 Å². The van der Waals surface area contributed by atoms with Crippen LogP contribution in [0.4, 0.5) is 5.69 Å². The number of para-hydroxylation sites is 1. The largest absolute Gasteiger partial charge is 0.361 e. The third-order valence-corrected chi connectivity index (χ3v) is 3.97. The molecule has 0 radical (unpaired) electrons. The van der Waals surface area contributed by atoms with Gasteiger partial charge in [-0.1, -0.05) is 37.2 Å². The fourth-order valence-corrected chi connectivity index (χ4v) is 2.63. The number of hydrogen-bond acceptors (Lipinski definition) is 4. The van der Waals surface area contributed by atoms with Gasteiger partial charge in [0.1, 0.15) is 11.3 Å². The van der Waals surface area contributed by atoms with E-state index in [0.29, 0.717) is 28.6 Å². The molecule has 0 aliphatic carbocycles. The number of benzene rings is 1. The summed E-state index contributed by atoms with van der Waals surface area (Å²) in [7, 11) is 0. The fourth-order valence-electron chi connectivity index (χ4n) is 2.47. The molecule has 0 fully saturated rings. The van der Waals surface area contributed by atoms with Crippen LogP contribution in [0, 0.1) is 13.8 Å². The van der Waals surface area contributed by atoms with Crippen molar-refractivity contribution in [3.05, 3.63) is 46.3 Å². The molecule has 1 aromatic carbocycles. The second-order valence-corrected chi connectivity index (χ2v) is 5.82. The Balaban J connectivity index is 2.01. The van der Waals surface area contributed by atoms with Crippen molar-refractivity contribution in [2.24, 2.45) is 0 Å². The molecule has 0 spiro atoms. The fraction of sp³-hybridized carbons (Fsp3) is 0.353. The first-order chi connectivity index (χ1) is 11.5. The number of carbonyl (C=O) groups is 1. The first-order valence-electron chi connectivity index (χ1n) is 7.88. The standard InChI is InChI=1S/C17H22N4O2S/c1-5-12-9-7-8-10(3)15(12)18-17(24)20-19-16(22)14-11(4)23-21-13(14)6-2/h7-9H,5-6H2,1-4H3,(H,19,22)(H2,18,20,24). The van der Waals surface area contributed by atoms with Crippen LogP contribution in [0.25, 0.3) is 0 Å². The minimum Gasteiger partial charge on any atom is -0.361 e. The molecule has 0 aliphatic heterocycles. The van der Waals surface area contributed by atoms with Crippen molar-refractivity contribution in [3.63, 3.8) is 0 Å². The molecule has 0 bridgehead atoms. The summed E-state index contributed by atoms with van der Waals surface area (Å²) in [5, 5.41) is 7.33. The maximum absolute atomic E-state index is 12.3. The number of hydrogen-bond donors (Lipinski definition) is 3. The van der Waals surface area contributed by atoms with Crippen LogP contribution in [0.1, 0.15) is 46.8 Å². The maximum atomic E-state index is 12.3. The molecule has 6 nitrogen and oxygen atoms in total. The number of hydrazine groups is 1. The molecule has 1 heterocycles. The number of thiocarbonyl (C=S) groups is 1. The summed E-state index contributed by atoms with van der Waals surface area (Å²) in [4.78, 5) is 12.3. The number of rotatable bonds is 4. The SMILES string of the molecule is CCc1cccc(C)c1NC(=S)NNC(=O)c1c(CC)noc1C. The number of aryl methyl sites for hydroxylation is 4. The van der Waals surface area contributed by atoms with Crippen LogP contribution in [0.15, 0.2) is 22.7 Å². The first-order valence-corrected chi connectivity index (χ1v) is 8.29. The molecule has 1 amide bonds. The lowest BCUT2D eigenvalue weighted by Gasteiger charge is -2.16. The second kappa shape index (κ2) is 7.92. The lowest BCUT2D eigenvalue weighted by molar-refractivity contribution is 0.0942. The van der Waals surface area contributed by atoms with Crippen molar-refractivity contribution < 1.29 is 9.32 Å². The highest BCUT2D eigenvalue weighted by Crippen LogP contribution is 2.20. The molecular weight excluding hydrogens is 324 g/mol. The highest BCUT2D eigenvalue weighted by molar-refractivity contribution is 7.80. The Bertz CT molecular complexity index is 755. The van der Waals surface area contributed by atoms with E-state index in [4.69, 9.17) is 16.7 Å². The third-order valence-electron chi connectivity index (χ3n) is 3.76. The van der Waals surface area contributed by atoms with Crippen LogP contribution in [0.5, 0.6) is 0 Å². The zero-order chi connectivity index (χ0) is 17.7. The Hall–Kier alpha value is -2.41. The van der Waals surface area contributed by atoms with E-state index < -0.39 is 0 Å². The lowest BCUT2D eigenvalue weighted by atomic mass is 10.1. The topological polar surface area (TPSA) is 79.2 Å². The van der Waals surface area contributed by atoms with E-state index in [2.05, 4.69) is 28.2 Å². The van der Waals surface area contributed by atoms with E-state index in [-0.39, 0.29) is 5.91 Å². The van der Waals surface area contributed by atoms with Gasteiger partial charge in [-0.3, -0.25) is 15.6 Å². The first kappa shape index (κ1) is 17.9. The summed E-state index contributed by atoms with van der Waals surface area (Å²) < 4.78 is 5.07. The molecule has 0 unspecified atom stereocenters. The Morgan fingerprint density at radius 3 is 2.62 bits per heavy atom. The number of carbonyl (C=O) groups excluding carboxylic acids is 1. The third kappa shape index (κ3) is 3.91. The van der Waals surface area contributed by atoms with Crippen molar-refractivity contribution in [1.82, 2.24) is 16.0 Å². The number of nitrogens with zero attached hydrogens (tertiary/aromatic N) is 1. The highest BCUT2D eigenvalue weighted by atomic mass is 32.1. The van der Waals surface area contributed by atoms with E-state index in [0.717, 1.165) is 23.2 Å². The van der Waals surface area contributed by atoms with Gasteiger partial charge < -0.3 is 9.84 Å². The molecule has 0 saturated heterocycles. The quantitative estimate of drug-likeness (QED) is 0.583. The second-order valence-electron chi connectivity index (χ2n) is 5.41. The molecule has 2 rings (SSSR count). The number of aromatic nitrogens is 1. The van der Waals surface area contributed by atoms with Gasteiger partial charge in [0.2, 0.25) is 0 Å². The number of anilines is 1. The van der Waals surface area contributed by atoms with Crippen molar-refractivity contribution in [2.45, 2.75) is 40.5 Å². The van der Waals surface area contributed by atoms with Crippen LogP contribution < -0.4 is 16.2 Å². The van der Waals surface area contributed by atoms with Gasteiger partial charge in [-0.15, -0.1) is 0 Å². The van der Waals surface area contributed by atoms with E-state index in [1.54, 1.807) is 6.92 Å². The summed E-state index contributed by atoms with van der Waals surface area (Å²) in [5.41, 5.74) is 9.59. The number of amides is 1. The molecule has 0 saturated carbocycles. The molecule has 0 aliphatic rings. The summed E-state index contributed by atoms with van der Waals surface area (Å²) >= 11 is 5.27. The number of nitrogens with one attached hydrogen (secondary N) is 3. The zero-order valence-electron chi connectivity index (χ0n) is 14.3. The van der Waals surface area contributed by atoms with Crippen molar-refractivity contribution in [2.75, 3.05) is 5.32 Å². The van der Waals surface area contributed by atoms with E-state index in [1.807, 2.05) is 32.0 Å². The van der Waals surface area contributed by atoms with Crippen LogP contribution in [0.3, 0.4) is 0 Å². The van der Waals surface area contributed by atoms with E-state index in [1.165, 1.54) is 0 Å². The van der Waals surface area contributed by atoms with Crippen LogP contribution >= 0.6 is 12.2 Å². The minimum atomic E-state index is -0.324. The molecule has 3 N–H and O–H groups in total. The molecule has 0 atom stereocenters. The predicted octanol–water partition coefficient (Wildman–Crippen LogP) is 3.05. The van der Waals surface area contributed by atoms with Gasteiger partial charge in [0.05, 0.1) is 5.69 Å². The predicted molar refractivity (Wildman–Crippen MR) is 98.0 cm³/mol. The summed E-state index contributed by atoms with van der Waals surface area (Å²) in [6, 6.07) is 6.07. The summed E-state index contributed by atoms with van der Waals surface area (Å²) in [5.74, 6) is 0.160. The van der Waals surface area contributed by atoms with Gasteiger partial charge in [-0.05, 0) is 50.0 Å². The highest BCUT2D eigenvalue weighted by Gasteiger charge is 2.19. The normalized spacial score (nSPS) is 10.3. The van der Waals surface area contributed by atoms with Crippen molar-refractivity contribution >= 4 is 28.9 Å². The van der Waals surface area contributed by atoms with Crippen LogP contribution in [-0.2, 0) is 12.8 Å². The summed E-state index contributed by atoms with van der Waals surface area (Å²) in [6.45, 7) is 7.71. The molecule has 24 heavy (non-hydrogen) atoms. The van der Waals surface area contributed by atoms with Gasteiger partial charge in [0.25, 0.3) is 5.91 Å². The zero-order valence-corrected chi connectivity index (χ0v) is 15.1.